The molecule has 0 aromatic heterocycles. The van der Waals surface area contributed by atoms with Gasteiger partial charge in [-0.1, -0.05) is 30.3 Å². The fourth-order valence-electron chi connectivity index (χ4n) is 1.11. The molecule has 0 saturated carbocycles. The van der Waals surface area contributed by atoms with Crippen LogP contribution in [0.15, 0.2) is 30.3 Å². The topological polar surface area (TPSA) is 49.8 Å². The number of nitrogens with zero attached hydrogens (tertiary/aromatic N) is 1. The van der Waals surface area contributed by atoms with Gasteiger partial charge in [0.05, 0.1) is 12.5 Å². The minimum absolute atomic E-state index is 0.0302. The highest BCUT2D eigenvalue weighted by molar-refractivity contribution is 5.15. The molecular formula is C10H12N2. The van der Waals surface area contributed by atoms with Crippen LogP contribution in [0.3, 0.4) is 0 Å². The zero-order chi connectivity index (χ0) is 8.81. The van der Waals surface area contributed by atoms with E-state index in [1.54, 1.807) is 0 Å². The van der Waals surface area contributed by atoms with Crippen LogP contribution in [-0.4, -0.2) is 6.04 Å². The third-order valence-electron chi connectivity index (χ3n) is 1.69. The van der Waals surface area contributed by atoms with Gasteiger partial charge in [-0.25, -0.2) is 0 Å². The highest BCUT2D eigenvalue weighted by Gasteiger charge is 2.01. The van der Waals surface area contributed by atoms with E-state index in [1.807, 2.05) is 30.3 Å². The zero-order valence-electron chi connectivity index (χ0n) is 6.90. The van der Waals surface area contributed by atoms with Crippen LogP contribution in [0.5, 0.6) is 0 Å². The van der Waals surface area contributed by atoms with E-state index in [-0.39, 0.29) is 6.04 Å². The molecule has 0 bridgehead atoms. The average molecular weight is 160 g/mol. The summed E-state index contributed by atoms with van der Waals surface area (Å²) in [6.07, 6.45) is 1.21. The first-order valence-corrected chi connectivity index (χ1v) is 3.99. The quantitative estimate of drug-likeness (QED) is 0.727. The van der Waals surface area contributed by atoms with Crippen LogP contribution in [-0.2, 0) is 6.42 Å². The van der Waals surface area contributed by atoms with Crippen molar-refractivity contribution in [3.63, 3.8) is 0 Å². The number of rotatable bonds is 3. The second-order valence-corrected chi connectivity index (χ2v) is 2.81. The van der Waals surface area contributed by atoms with Crippen LogP contribution in [0.25, 0.3) is 0 Å². The predicted molar refractivity (Wildman–Crippen MR) is 48.4 cm³/mol. The molecule has 62 valence electrons. The van der Waals surface area contributed by atoms with Gasteiger partial charge in [-0.15, -0.1) is 0 Å². The van der Waals surface area contributed by atoms with Crippen molar-refractivity contribution in [1.29, 1.82) is 5.26 Å². The summed E-state index contributed by atoms with van der Waals surface area (Å²) < 4.78 is 0. The van der Waals surface area contributed by atoms with Crippen LogP contribution in [0.4, 0.5) is 0 Å². The predicted octanol–water partition coefficient (Wildman–Crippen LogP) is 1.47. The molecule has 1 aromatic rings. The molecular weight excluding hydrogens is 148 g/mol. The molecule has 0 aliphatic rings. The molecule has 0 fully saturated rings. The molecule has 0 spiro atoms. The van der Waals surface area contributed by atoms with Crippen LogP contribution in [0, 0.1) is 11.3 Å². The minimum atomic E-state index is -0.0302. The molecule has 2 N–H and O–H groups in total. The van der Waals surface area contributed by atoms with Crippen molar-refractivity contribution in [3.05, 3.63) is 35.9 Å². The summed E-state index contributed by atoms with van der Waals surface area (Å²) in [6, 6.07) is 12.0. The fraction of sp³-hybridized carbons (Fsp3) is 0.300. The minimum Gasteiger partial charge on any atom is -0.326 e. The van der Waals surface area contributed by atoms with Crippen molar-refractivity contribution >= 4 is 0 Å². The summed E-state index contributed by atoms with van der Waals surface area (Å²) in [6.45, 7) is 0. The highest BCUT2D eigenvalue weighted by atomic mass is 14.6. The fourth-order valence-corrected chi connectivity index (χ4v) is 1.11. The molecule has 2 heteroatoms. The van der Waals surface area contributed by atoms with Crippen molar-refractivity contribution in [3.8, 4) is 6.07 Å². The van der Waals surface area contributed by atoms with Crippen molar-refractivity contribution in [2.24, 2.45) is 5.73 Å². The Balaban J connectivity index is 2.48. The largest absolute Gasteiger partial charge is 0.326 e. The van der Waals surface area contributed by atoms with Crippen molar-refractivity contribution < 1.29 is 0 Å². The summed E-state index contributed by atoms with van der Waals surface area (Å²) >= 11 is 0. The third kappa shape index (κ3) is 2.73. The molecule has 1 aromatic carbocycles. The second-order valence-electron chi connectivity index (χ2n) is 2.81. The van der Waals surface area contributed by atoms with E-state index in [2.05, 4.69) is 6.07 Å². The molecule has 0 heterocycles. The second kappa shape index (κ2) is 4.53. The SMILES string of the molecule is N#CC[C@@H](N)Cc1ccccc1. The smallest absolute Gasteiger partial charge is 0.0638 e. The molecule has 2 nitrogen and oxygen atoms in total. The van der Waals surface area contributed by atoms with Crippen LogP contribution in [0.2, 0.25) is 0 Å². The number of benzene rings is 1. The first kappa shape index (κ1) is 8.76. The average Bonchev–Trinajstić information content (AvgIpc) is 2.06. The Labute approximate surface area is 72.6 Å². The lowest BCUT2D eigenvalue weighted by Crippen LogP contribution is -2.21. The van der Waals surface area contributed by atoms with E-state index in [9.17, 15) is 0 Å². The Morgan fingerprint density at radius 2 is 2.00 bits per heavy atom. The van der Waals surface area contributed by atoms with Crippen molar-refractivity contribution in [2.75, 3.05) is 0 Å². The zero-order valence-corrected chi connectivity index (χ0v) is 6.90. The monoisotopic (exact) mass is 160 g/mol. The lowest BCUT2D eigenvalue weighted by atomic mass is 10.1. The summed E-state index contributed by atoms with van der Waals surface area (Å²) in [5, 5.41) is 8.38. The Morgan fingerprint density at radius 1 is 1.33 bits per heavy atom. The first-order valence-electron chi connectivity index (χ1n) is 3.99. The molecule has 0 radical (unpaired) electrons. The molecule has 1 rings (SSSR count). The normalized spacial score (nSPS) is 12.0. The van der Waals surface area contributed by atoms with Gasteiger partial charge in [0.2, 0.25) is 0 Å². The van der Waals surface area contributed by atoms with Crippen LogP contribution in [0.1, 0.15) is 12.0 Å². The van der Waals surface area contributed by atoms with Gasteiger partial charge in [0, 0.05) is 6.04 Å². The molecule has 0 aliphatic carbocycles. The van der Waals surface area contributed by atoms with Gasteiger partial charge in [0.1, 0.15) is 0 Å². The standard InChI is InChI=1S/C10H12N2/c11-7-6-10(12)8-9-4-2-1-3-5-9/h1-5,10H,6,8,12H2/t10-/m1/s1. The van der Waals surface area contributed by atoms with Gasteiger partial charge < -0.3 is 5.73 Å². The summed E-state index contributed by atoms with van der Waals surface area (Å²) in [4.78, 5) is 0. The lowest BCUT2D eigenvalue weighted by molar-refractivity contribution is 0.685. The van der Waals surface area contributed by atoms with Gasteiger partial charge in [-0.05, 0) is 12.0 Å². The van der Waals surface area contributed by atoms with Gasteiger partial charge in [0.15, 0.2) is 0 Å². The summed E-state index contributed by atoms with van der Waals surface area (Å²) in [5.74, 6) is 0. The van der Waals surface area contributed by atoms with E-state index in [4.69, 9.17) is 11.0 Å². The Morgan fingerprint density at radius 3 is 2.58 bits per heavy atom. The molecule has 12 heavy (non-hydrogen) atoms. The molecule has 0 amide bonds. The van der Waals surface area contributed by atoms with E-state index >= 15 is 0 Å². The lowest BCUT2D eigenvalue weighted by Gasteiger charge is -2.05. The van der Waals surface area contributed by atoms with E-state index in [0.29, 0.717) is 6.42 Å². The number of hydrogen-bond acceptors (Lipinski definition) is 2. The maximum Gasteiger partial charge on any atom is 0.0638 e. The van der Waals surface area contributed by atoms with E-state index in [1.165, 1.54) is 5.56 Å². The van der Waals surface area contributed by atoms with E-state index < -0.39 is 0 Å². The Kier molecular flexibility index (Phi) is 3.31. The molecule has 1 atom stereocenters. The summed E-state index contributed by atoms with van der Waals surface area (Å²) in [7, 11) is 0. The molecule has 0 saturated heterocycles. The van der Waals surface area contributed by atoms with Gasteiger partial charge in [0.25, 0.3) is 0 Å². The van der Waals surface area contributed by atoms with Crippen LogP contribution >= 0.6 is 0 Å². The number of nitriles is 1. The Hall–Kier alpha value is -1.33. The van der Waals surface area contributed by atoms with Crippen molar-refractivity contribution in [1.82, 2.24) is 0 Å². The number of hydrogen-bond donors (Lipinski definition) is 1. The molecule has 0 aliphatic heterocycles. The Bertz CT molecular complexity index is 261. The maximum absolute atomic E-state index is 8.38. The van der Waals surface area contributed by atoms with Gasteiger partial charge in [-0.3, -0.25) is 0 Å². The number of nitrogens with two attached hydrogens (primary N) is 1. The van der Waals surface area contributed by atoms with Crippen molar-refractivity contribution in [2.45, 2.75) is 18.9 Å². The summed E-state index contributed by atoms with van der Waals surface area (Å²) in [5.41, 5.74) is 6.89. The third-order valence-corrected chi connectivity index (χ3v) is 1.69. The maximum atomic E-state index is 8.38. The first-order chi connectivity index (χ1) is 5.83. The van der Waals surface area contributed by atoms with E-state index in [0.717, 1.165) is 6.42 Å². The van der Waals surface area contributed by atoms with Gasteiger partial charge >= 0.3 is 0 Å². The van der Waals surface area contributed by atoms with Crippen LogP contribution < -0.4 is 5.73 Å². The highest BCUT2D eigenvalue weighted by Crippen LogP contribution is 2.02. The molecule has 0 unspecified atom stereocenters. The van der Waals surface area contributed by atoms with Gasteiger partial charge in [-0.2, -0.15) is 5.26 Å².